The van der Waals surface area contributed by atoms with Crippen LogP contribution in [0.5, 0.6) is 0 Å². The molecule has 0 aliphatic heterocycles. The summed E-state index contributed by atoms with van der Waals surface area (Å²) in [7, 11) is 1.91. The zero-order chi connectivity index (χ0) is 12.1. The molecular weight excluding hydrogens is 212 g/mol. The number of aliphatic hydroxyl groups excluding tert-OH is 1. The Balaban J connectivity index is 1.79. The SMILES string of the molecule is Cn1cnc(C(O)CCCc2ccccc2)c1. The van der Waals surface area contributed by atoms with Crippen LogP contribution in [0.2, 0.25) is 0 Å². The first-order valence-electron chi connectivity index (χ1n) is 5.95. The number of hydrogen-bond donors (Lipinski definition) is 1. The van der Waals surface area contributed by atoms with Crippen molar-refractivity contribution < 1.29 is 5.11 Å². The highest BCUT2D eigenvalue weighted by Crippen LogP contribution is 2.17. The van der Waals surface area contributed by atoms with Crippen molar-refractivity contribution in [3.05, 3.63) is 54.1 Å². The van der Waals surface area contributed by atoms with E-state index in [1.54, 1.807) is 6.33 Å². The molecular formula is C14H18N2O. The Morgan fingerprint density at radius 1 is 1.29 bits per heavy atom. The molecule has 17 heavy (non-hydrogen) atoms. The maximum atomic E-state index is 9.94. The maximum Gasteiger partial charge on any atom is 0.0975 e. The van der Waals surface area contributed by atoms with Gasteiger partial charge in [0, 0.05) is 13.2 Å². The first-order chi connectivity index (χ1) is 8.25. The van der Waals surface area contributed by atoms with E-state index in [2.05, 4.69) is 17.1 Å². The molecule has 2 rings (SSSR count). The minimum absolute atomic E-state index is 0.445. The van der Waals surface area contributed by atoms with Gasteiger partial charge in [-0.3, -0.25) is 0 Å². The van der Waals surface area contributed by atoms with Gasteiger partial charge in [-0.2, -0.15) is 0 Å². The number of aromatic nitrogens is 2. The Morgan fingerprint density at radius 3 is 2.71 bits per heavy atom. The van der Waals surface area contributed by atoms with E-state index >= 15 is 0 Å². The molecule has 0 radical (unpaired) electrons. The Bertz CT molecular complexity index is 450. The van der Waals surface area contributed by atoms with Crippen molar-refractivity contribution in [1.29, 1.82) is 0 Å². The number of imidazole rings is 1. The van der Waals surface area contributed by atoms with Gasteiger partial charge in [0.25, 0.3) is 0 Å². The fourth-order valence-corrected chi connectivity index (χ4v) is 1.90. The quantitative estimate of drug-likeness (QED) is 0.857. The summed E-state index contributed by atoms with van der Waals surface area (Å²) in [6.45, 7) is 0. The van der Waals surface area contributed by atoms with Gasteiger partial charge >= 0.3 is 0 Å². The molecule has 1 atom stereocenters. The monoisotopic (exact) mass is 230 g/mol. The van der Waals surface area contributed by atoms with Gasteiger partial charge in [0.2, 0.25) is 0 Å². The normalized spacial score (nSPS) is 12.6. The fourth-order valence-electron chi connectivity index (χ4n) is 1.90. The Labute approximate surface area is 102 Å². The lowest BCUT2D eigenvalue weighted by atomic mass is 10.1. The molecule has 1 aromatic carbocycles. The number of aryl methyl sites for hydroxylation is 2. The molecule has 1 heterocycles. The van der Waals surface area contributed by atoms with Crippen molar-refractivity contribution in [2.75, 3.05) is 0 Å². The molecule has 0 saturated heterocycles. The molecule has 3 heteroatoms. The van der Waals surface area contributed by atoms with Crippen molar-refractivity contribution >= 4 is 0 Å². The number of benzene rings is 1. The molecule has 2 aromatic rings. The maximum absolute atomic E-state index is 9.94. The van der Waals surface area contributed by atoms with E-state index in [1.807, 2.05) is 36.0 Å². The van der Waals surface area contributed by atoms with Gasteiger partial charge in [-0.15, -0.1) is 0 Å². The average Bonchev–Trinajstić information content (AvgIpc) is 2.77. The van der Waals surface area contributed by atoms with Crippen molar-refractivity contribution in [3.8, 4) is 0 Å². The molecule has 1 N–H and O–H groups in total. The summed E-state index contributed by atoms with van der Waals surface area (Å²) in [5.74, 6) is 0. The van der Waals surface area contributed by atoms with E-state index in [0.29, 0.717) is 0 Å². The number of rotatable bonds is 5. The highest BCUT2D eigenvalue weighted by Gasteiger charge is 2.09. The molecule has 0 aliphatic rings. The number of aliphatic hydroxyl groups is 1. The lowest BCUT2D eigenvalue weighted by Crippen LogP contribution is -1.99. The van der Waals surface area contributed by atoms with Crippen LogP contribution in [-0.2, 0) is 13.5 Å². The minimum atomic E-state index is -0.445. The van der Waals surface area contributed by atoms with Crippen LogP contribution in [0.25, 0.3) is 0 Å². The van der Waals surface area contributed by atoms with Crippen LogP contribution in [0.3, 0.4) is 0 Å². The van der Waals surface area contributed by atoms with Crippen molar-refractivity contribution in [1.82, 2.24) is 9.55 Å². The van der Waals surface area contributed by atoms with Gasteiger partial charge in [0.15, 0.2) is 0 Å². The lowest BCUT2D eigenvalue weighted by Gasteiger charge is -2.07. The summed E-state index contributed by atoms with van der Waals surface area (Å²) in [4.78, 5) is 4.15. The summed E-state index contributed by atoms with van der Waals surface area (Å²) in [5, 5.41) is 9.94. The van der Waals surface area contributed by atoms with Crippen LogP contribution in [0.15, 0.2) is 42.9 Å². The van der Waals surface area contributed by atoms with E-state index in [0.717, 1.165) is 25.0 Å². The zero-order valence-corrected chi connectivity index (χ0v) is 10.1. The highest BCUT2D eigenvalue weighted by atomic mass is 16.3. The zero-order valence-electron chi connectivity index (χ0n) is 10.1. The fraction of sp³-hybridized carbons (Fsp3) is 0.357. The van der Waals surface area contributed by atoms with E-state index < -0.39 is 6.10 Å². The second kappa shape index (κ2) is 5.64. The Hall–Kier alpha value is -1.61. The molecule has 0 spiro atoms. The van der Waals surface area contributed by atoms with Crippen molar-refractivity contribution in [2.45, 2.75) is 25.4 Å². The smallest absolute Gasteiger partial charge is 0.0975 e. The molecule has 3 nitrogen and oxygen atoms in total. The van der Waals surface area contributed by atoms with E-state index in [9.17, 15) is 5.11 Å². The van der Waals surface area contributed by atoms with Gasteiger partial charge in [-0.1, -0.05) is 30.3 Å². The average molecular weight is 230 g/mol. The standard InChI is InChI=1S/C14H18N2O/c1-16-10-13(15-11-16)14(17)9-5-8-12-6-3-2-4-7-12/h2-4,6-7,10-11,14,17H,5,8-9H2,1H3. The third-order valence-electron chi connectivity index (χ3n) is 2.85. The lowest BCUT2D eigenvalue weighted by molar-refractivity contribution is 0.160. The van der Waals surface area contributed by atoms with E-state index in [4.69, 9.17) is 0 Å². The summed E-state index contributed by atoms with van der Waals surface area (Å²) < 4.78 is 1.86. The minimum Gasteiger partial charge on any atom is -0.387 e. The van der Waals surface area contributed by atoms with Crippen LogP contribution in [0, 0.1) is 0 Å². The summed E-state index contributed by atoms with van der Waals surface area (Å²) >= 11 is 0. The summed E-state index contributed by atoms with van der Waals surface area (Å²) in [6, 6.07) is 10.3. The van der Waals surface area contributed by atoms with Crippen LogP contribution in [-0.4, -0.2) is 14.7 Å². The number of hydrogen-bond acceptors (Lipinski definition) is 2. The van der Waals surface area contributed by atoms with Crippen LogP contribution in [0.4, 0.5) is 0 Å². The molecule has 1 unspecified atom stereocenters. The van der Waals surface area contributed by atoms with Gasteiger partial charge in [0.1, 0.15) is 0 Å². The number of nitrogens with zero attached hydrogens (tertiary/aromatic N) is 2. The third-order valence-corrected chi connectivity index (χ3v) is 2.85. The molecule has 0 bridgehead atoms. The molecule has 0 saturated carbocycles. The molecule has 0 amide bonds. The molecule has 1 aromatic heterocycles. The molecule has 0 aliphatic carbocycles. The molecule has 0 fully saturated rings. The predicted octanol–water partition coefficient (Wildman–Crippen LogP) is 2.48. The Morgan fingerprint density at radius 2 is 2.06 bits per heavy atom. The van der Waals surface area contributed by atoms with E-state index in [-0.39, 0.29) is 0 Å². The van der Waals surface area contributed by atoms with Crippen molar-refractivity contribution in [3.63, 3.8) is 0 Å². The first kappa shape index (κ1) is 11.9. The first-order valence-corrected chi connectivity index (χ1v) is 5.95. The van der Waals surface area contributed by atoms with Crippen LogP contribution in [0.1, 0.15) is 30.2 Å². The van der Waals surface area contributed by atoms with Gasteiger partial charge in [0.05, 0.1) is 18.1 Å². The molecule has 90 valence electrons. The Kier molecular flexibility index (Phi) is 3.94. The van der Waals surface area contributed by atoms with Crippen LogP contribution < -0.4 is 0 Å². The second-order valence-electron chi connectivity index (χ2n) is 4.36. The highest BCUT2D eigenvalue weighted by molar-refractivity contribution is 5.14. The van der Waals surface area contributed by atoms with Crippen LogP contribution >= 0.6 is 0 Å². The van der Waals surface area contributed by atoms with Crippen molar-refractivity contribution in [2.24, 2.45) is 7.05 Å². The third kappa shape index (κ3) is 3.43. The van der Waals surface area contributed by atoms with Gasteiger partial charge in [-0.25, -0.2) is 4.98 Å². The summed E-state index contributed by atoms with van der Waals surface area (Å²) in [6.07, 6.45) is 5.88. The summed E-state index contributed by atoms with van der Waals surface area (Å²) in [5.41, 5.74) is 2.08. The largest absolute Gasteiger partial charge is 0.387 e. The van der Waals surface area contributed by atoms with Gasteiger partial charge in [-0.05, 0) is 24.8 Å². The topological polar surface area (TPSA) is 38.0 Å². The van der Waals surface area contributed by atoms with Gasteiger partial charge < -0.3 is 9.67 Å². The van der Waals surface area contributed by atoms with E-state index in [1.165, 1.54) is 5.56 Å². The second-order valence-corrected chi connectivity index (χ2v) is 4.36. The predicted molar refractivity (Wildman–Crippen MR) is 67.5 cm³/mol.